The third kappa shape index (κ3) is 3.42. The number of benzene rings is 4. The summed E-state index contributed by atoms with van der Waals surface area (Å²) in [5, 5.41) is 4.19. The molecule has 6 rings (SSSR count). The van der Waals surface area contributed by atoms with Gasteiger partial charge in [-0.3, -0.25) is 0 Å². The molecule has 0 aliphatic rings. The van der Waals surface area contributed by atoms with Gasteiger partial charge in [-0.1, -0.05) is 71.1 Å². The molecule has 0 unspecified atom stereocenters. The summed E-state index contributed by atoms with van der Waals surface area (Å²) in [4.78, 5) is 21.6. The summed E-state index contributed by atoms with van der Waals surface area (Å²) in [6.07, 6.45) is 2.14. The molecule has 0 saturated carbocycles. The average Bonchev–Trinajstić information content (AvgIpc) is 2.80. The van der Waals surface area contributed by atoms with Crippen molar-refractivity contribution in [3.05, 3.63) is 96.1 Å². The Labute approximate surface area is 210 Å². The molecule has 0 aliphatic carbocycles. The second kappa shape index (κ2) is 8.16. The fourth-order valence-electron chi connectivity index (χ4n) is 4.36. The quantitative estimate of drug-likeness (QED) is 0.207. The van der Waals surface area contributed by atoms with Crippen molar-refractivity contribution in [3.63, 3.8) is 0 Å². The maximum Gasteiger partial charge on any atom is 0.0709 e. The van der Waals surface area contributed by atoms with E-state index in [-0.39, 0.29) is 32.7 Å². The average molecular weight is 486 g/mol. The van der Waals surface area contributed by atoms with E-state index in [0.717, 1.165) is 60.3 Å². The molecule has 0 atom stereocenters. The smallest absolute Gasteiger partial charge is 0.0709 e. The van der Waals surface area contributed by atoms with Gasteiger partial charge in [0.1, 0.15) is 0 Å². The molecule has 149 valence electrons. The molecule has 32 heavy (non-hydrogen) atoms. The fourth-order valence-corrected chi connectivity index (χ4v) is 4.36. The molecule has 0 spiro atoms. The molecule has 3 nitrogen and oxygen atoms in total. The van der Waals surface area contributed by atoms with Crippen LogP contribution in [0.25, 0.3) is 54.7 Å². The van der Waals surface area contributed by atoms with Gasteiger partial charge in [0.2, 0.25) is 0 Å². The van der Waals surface area contributed by atoms with Crippen LogP contribution in [0.3, 0.4) is 0 Å². The van der Waals surface area contributed by atoms with Crippen molar-refractivity contribution in [3.8, 4) is 11.1 Å². The van der Waals surface area contributed by atoms with Crippen molar-refractivity contribution in [2.45, 2.75) is 6.92 Å². The van der Waals surface area contributed by atoms with E-state index in [1.165, 1.54) is 0 Å². The van der Waals surface area contributed by atoms with Gasteiger partial charge in [-0.05, 0) is 36.6 Å². The first-order valence-electron chi connectivity index (χ1n) is 10.2. The summed E-state index contributed by atoms with van der Waals surface area (Å²) >= 11 is 0. The van der Waals surface area contributed by atoms with Crippen LogP contribution in [0.2, 0.25) is 0 Å². The fraction of sp³-hybridized carbons (Fsp3) is 0.0357. The summed E-state index contributed by atoms with van der Waals surface area (Å²) < 4.78 is 0. The zero-order valence-electron chi connectivity index (χ0n) is 17.5. The summed E-state index contributed by atoms with van der Waals surface area (Å²) in [5.74, 6) is 0. The molecule has 0 fully saturated rings. The largest absolute Gasteiger partial charge is 0.376 e. The molecule has 0 saturated heterocycles. The molecule has 0 bridgehead atoms. The van der Waals surface area contributed by atoms with Crippen LogP contribution in [0.1, 0.15) is 11.1 Å². The van der Waals surface area contributed by atoms with E-state index in [1.54, 1.807) is 0 Å². The van der Waals surface area contributed by atoms with Crippen molar-refractivity contribution in [2.75, 3.05) is 0 Å². The summed E-state index contributed by atoms with van der Waals surface area (Å²) in [6, 6.07) is 28.4. The standard InChI is InChI=1S/C28H17N2O.Y/c1-17-10-20-11-18-6-2-4-8-25(18)29-27(20)14-23(17)24-15-28-21(13-22(24)16-31)12-19-7-3-5-9-26(19)30-28;/h2-15H,1H3;/q-1;. The molecule has 0 amide bonds. The van der Waals surface area contributed by atoms with Crippen molar-refractivity contribution in [1.82, 2.24) is 9.97 Å². The monoisotopic (exact) mass is 486 g/mol. The topological polar surface area (TPSA) is 42.9 Å². The van der Waals surface area contributed by atoms with Crippen LogP contribution >= 0.6 is 0 Å². The van der Waals surface area contributed by atoms with Gasteiger partial charge in [-0.2, -0.15) is 6.07 Å². The molecular weight excluding hydrogens is 469 g/mol. The third-order valence-corrected chi connectivity index (χ3v) is 5.92. The number of para-hydroxylation sites is 2. The molecule has 4 heteroatoms. The Kier molecular flexibility index (Phi) is 5.32. The Morgan fingerprint density at radius 2 is 1.12 bits per heavy atom. The van der Waals surface area contributed by atoms with Gasteiger partial charge in [-0.15, -0.1) is 11.1 Å². The van der Waals surface area contributed by atoms with Gasteiger partial charge in [-0.25, -0.2) is 9.97 Å². The number of rotatable bonds is 2. The SMILES string of the molecule is Cc1cc2cc3ccccc3nc2cc1-c1cc2nc3ccccc3cc2cc1[C-]=O.[Y]. The maximum atomic E-state index is 11.9. The van der Waals surface area contributed by atoms with E-state index in [1.807, 2.05) is 54.6 Å². The van der Waals surface area contributed by atoms with Crippen molar-refractivity contribution in [1.29, 1.82) is 0 Å². The number of pyridine rings is 2. The van der Waals surface area contributed by atoms with Crippen LogP contribution in [-0.2, 0) is 37.5 Å². The number of carbonyl (C=O) groups excluding carboxylic acids is 1. The molecule has 0 aliphatic heterocycles. The molecular formula is C28H17N2OY-. The molecule has 2 aromatic heterocycles. The Bertz CT molecular complexity index is 1670. The van der Waals surface area contributed by atoms with Gasteiger partial charge < -0.3 is 4.79 Å². The van der Waals surface area contributed by atoms with Crippen molar-refractivity contribution >= 4 is 49.9 Å². The first-order valence-corrected chi connectivity index (χ1v) is 10.2. The second-order valence-electron chi connectivity index (χ2n) is 7.91. The Morgan fingerprint density at radius 1 is 0.594 bits per heavy atom. The normalized spacial score (nSPS) is 11.2. The minimum Gasteiger partial charge on any atom is -0.376 e. The second-order valence-corrected chi connectivity index (χ2v) is 7.91. The molecule has 6 aromatic rings. The first kappa shape index (κ1) is 20.9. The summed E-state index contributed by atoms with van der Waals surface area (Å²) in [6.45, 7) is 2.07. The van der Waals surface area contributed by atoms with Crippen LogP contribution in [-0.4, -0.2) is 16.3 Å². The van der Waals surface area contributed by atoms with Crippen molar-refractivity contribution in [2.24, 2.45) is 0 Å². The van der Waals surface area contributed by atoms with E-state index < -0.39 is 0 Å². The molecule has 0 N–H and O–H groups in total. The zero-order valence-corrected chi connectivity index (χ0v) is 20.3. The number of hydrogen-bond acceptors (Lipinski definition) is 3. The van der Waals surface area contributed by atoms with E-state index >= 15 is 0 Å². The first-order chi connectivity index (χ1) is 15.2. The van der Waals surface area contributed by atoms with Crippen molar-refractivity contribution < 1.29 is 37.5 Å². The minimum atomic E-state index is 0. The zero-order chi connectivity index (χ0) is 20.9. The Hall–Kier alpha value is -3.01. The number of aromatic nitrogens is 2. The van der Waals surface area contributed by atoms with Crippen LogP contribution in [0, 0.1) is 6.92 Å². The van der Waals surface area contributed by atoms with Gasteiger partial charge in [0.05, 0.1) is 22.8 Å². The molecule has 4 aromatic carbocycles. The van der Waals surface area contributed by atoms with E-state index in [9.17, 15) is 4.79 Å². The van der Waals surface area contributed by atoms with Gasteiger partial charge in [0.25, 0.3) is 0 Å². The minimum absolute atomic E-state index is 0. The number of nitrogens with zero attached hydrogens (tertiary/aromatic N) is 2. The number of fused-ring (bicyclic) bond motifs is 4. The third-order valence-electron chi connectivity index (χ3n) is 5.92. The van der Waals surface area contributed by atoms with E-state index in [0.29, 0.717) is 5.56 Å². The van der Waals surface area contributed by atoms with Gasteiger partial charge in [0.15, 0.2) is 0 Å². The Morgan fingerprint density at radius 3 is 1.72 bits per heavy atom. The van der Waals surface area contributed by atoms with Crippen LogP contribution in [0.4, 0.5) is 0 Å². The molecule has 2 heterocycles. The summed E-state index contributed by atoms with van der Waals surface area (Å²) in [7, 11) is 0. The molecule has 1 radical (unpaired) electrons. The Balaban J connectivity index is 0.00000216. The predicted octanol–water partition coefficient (Wildman–Crippen LogP) is 6.52. The van der Waals surface area contributed by atoms with Crippen LogP contribution in [0.5, 0.6) is 0 Å². The van der Waals surface area contributed by atoms with E-state index in [2.05, 4.69) is 43.5 Å². The number of aryl methyl sites for hydroxylation is 1. The van der Waals surface area contributed by atoms with Gasteiger partial charge in [0, 0.05) is 49.0 Å². The van der Waals surface area contributed by atoms with Crippen LogP contribution in [0.15, 0.2) is 84.9 Å². The number of hydrogen-bond donors (Lipinski definition) is 0. The predicted molar refractivity (Wildman–Crippen MR) is 127 cm³/mol. The van der Waals surface area contributed by atoms with E-state index in [4.69, 9.17) is 9.97 Å². The maximum absolute atomic E-state index is 11.9. The summed E-state index contributed by atoms with van der Waals surface area (Å²) in [5.41, 5.74) is 7.09. The van der Waals surface area contributed by atoms with Crippen LogP contribution < -0.4 is 0 Å². The van der Waals surface area contributed by atoms with Gasteiger partial charge >= 0.3 is 0 Å².